The maximum atomic E-state index is 11.3. The fourth-order valence-corrected chi connectivity index (χ4v) is 3.40. The van der Waals surface area contributed by atoms with Crippen LogP contribution in [0.3, 0.4) is 0 Å². The molecule has 9 heteroatoms. The molecule has 0 aliphatic heterocycles. The van der Waals surface area contributed by atoms with E-state index in [9.17, 15) is 9.36 Å². The monoisotopic (exact) mass is 482 g/mol. The first-order valence-corrected chi connectivity index (χ1v) is 13.3. The third-order valence-corrected chi connectivity index (χ3v) is 5.37. The van der Waals surface area contributed by atoms with Crippen molar-refractivity contribution < 1.29 is 33.4 Å². The SMILES string of the molecule is CCCCCCCCCCCCCCCC(=O)NCCO.COCC(CO[P+](=O)O)OC. The predicted molar refractivity (Wildman–Crippen MR) is 129 cm³/mol. The van der Waals surface area contributed by atoms with Crippen LogP contribution < -0.4 is 5.32 Å². The van der Waals surface area contributed by atoms with Gasteiger partial charge in [-0.1, -0.05) is 84.0 Å². The van der Waals surface area contributed by atoms with Crippen molar-refractivity contribution in [2.24, 2.45) is 0 Å². The summed E-state index contributed by atoms with van der Waals surface area (Å²) >= 11 is 0. The van der Waals surface area contributed by atoms with E-state index >= 15 is 0 Å². The summed E-state index contributed by atoms with van der Waals surface area (Å²) < 4.78 is 24.1. The molecule has 0 aliphatic rings. The molecule has 2 unspecified atom stereocenters. The minimum atomic E-state index is -2.53. The Kier molecular flexibility index (Phi) is 29.8. The highest BCUT2D eigenvalue weighted by Crippen LogP contribution is 2.15. The average Bonchev–Trinajstić information content (AvgIpc) is 2.78. The molecule has 1 amide bonds. The summed E-state index contributed by atoms with van der Waals surface area (Å²) in [5, 5.41) is 11.3. The van der Waals surface area contributed by atoms with Gasteiger partial charge in [0.1, 0.15) is 12.7 Å². The van der Waals surface area contributed by atoms with Gasteiger partial charge in [0.15, 0.2) is 0 Å². The number of carbonyl (C=O) groups is 1. The Morgan fingerprint density at radius 1 is 0.875 bits per heavy atom. The summed E-state index contributed by atoms with van der Waals surface area (Å²) in [7, 11) is 0.467. The molecule has 0 heterocycles. The number of amides is 1. The Bertz CT molecular complexity index is 414. The lowest BCUT2D eigenvalue weighted by Crippen LogP contribution is -2.25. The zero-order valence-electron chi connectivity index (χ0n) is 20.7. The molecule has 0 aromatic rings. The summed E-state index contributed by atoms with van der Waals surface area (Å²) in [4.78, 5) is 19.5. The number of methoxy groups -OCH3 is 2. The smallest absolute Gasteiger partial charge is 0.395 e. The van der Waals surface area contributed by atoms with E-state index in [-0.39, 0.29) is 25.2 Å². The maximum absolute atomic E-state index is 11.3. The second kappa shape index (κ2) is 28.4. The normalized spacial score (nSPS) is 12.1. The van der Waals surface area contributed by atoms with Crippen LogP contribution >= 0.6 is 8.25 Å². The molecule has 0 aromatic carbocycles. The number of ether oxygens (including phenoxy) is 2. The van der Waals surface area contributed by atoms with E-state index in [1.807, 2.05) is 0 Å². The lowest BCUT2D eigenvalue weighted by Gasteiger charge is -2.09. The Balaban J connectivity index is 0. The van der Waals surface area contributed by atoms with Gasteiger partial charge in [-0.2, -0.15) is 0 Å². The molecular formula is C23H49NO7P+. The van der Waals surface area contributed by atoms with Crippen molar-refractivity contribution in [3.8, 4) is 0 Å². The van der Waals surface area contributed by atoms with Crippen LogP contribution in [-0.4, -0.2) is 62.6 Å². The van der Waals surface area contributed by atoms with Gasteiger partial charge in [0, 0.05) is 31.8 Å². The molecule has 192 valence electrons. The molecule has 0 fully saturated rings. The first-order chi connectivity index (χ1) is 15.5. The van der Waals surface area contributed by atoms with Gasteiger partial charge in [0.05, 0.1) is 13.2 Å². The molecule has 0 bridgehead atoms. The lowest BCUT2D eigenvalue weighted by molar-refractivity contribution is -0.121. The second-order valence-electron chi connectivity index (χ2n) is 7.91. The minimum absolute atomic E-state index is 0.0321. The van der Waals surface area contributed by atoms with Gasteiger partial charge in [0.25, 0.3) is 0 Å². The Labute approximate surface area is 196 Å². The zero-order valence-corrected chi connectivity index (χ0v) is 21.6. The van der Waals surface area contributed by atoms with Gasteiger partial charge in [-0.3, -0.25) is 4.79 Å². The van der Waals surface area contributed by atoms with E-state index in [1.54, 1.807) is 0 Å². The van der Waals surface area contributed by atoms with Crippen molar-refractivity contribution in [1.82, 2.24) is 5.32 Å². The van der Waals surface area contributed by atoms with Crippen LogP contribution in [0.15, 0.2) is 0 Å². The van der Waals surface area contributed by atoms with Crippen molar-refractivity contribution in [2.75, 3.05) is 40.6 Å². The summed E-state index contributed by atoms with van der Waals surface area (Å²) in [5.74, 6) is 0.0760. The second-order valence-corrected chi connectivity index (χ2v) is 8.65. The van der Waals surface area contributed by atoms with E-state index in [4.69, 9.17) is 19.5 Å². The number of hydrogen-bond donors (Lipinski definition) is 3. The topological polar surface area (TPSA) is 114 Å². The first kappa shape index (κ1) is 33.5. The third-order valence-electron chi connectivity index (χ3n) is 5.00. The average molecular weight is 483 g/mol. The Morgan fingerprint density at radius 3 is 1.78 bits per heavy atom. The number of hydrogen-bond acceptors (Lipinski definition) is 6. The van der Waals surface area contributed by atoms with Gasteiger partial charge in [-0.15, -0.1) is 9.42 Å². The van der Waals surface area contributed by atoms with Gasteiger partial charge in [-0.25, -0.2) is 0 Å². The summed E-state index contributed by atoms with van der Waals surface area (Å²) in [5.41, 5.74) is 0. The van der Waals surface area contributed by atoms with E-state index < -0.39 is 8.25 Å². The summed E-state index contributed by atoms with van der Waals surface area (Å²) in [6, 6.07) is 0. The molecule has 0 saturated carbocycles. The fourth-order valence-electron chi connectivity index (χ4n) is 3.10. The maximum Gasteiger partial charge on any atom is 0.694 e. The molecular weight excluding hydrogens is 433 g/mol. The predicted octanol–water partition coefficient (Wildman–Crippen LogP) is 4.89. The number of carbonyl (C=O) groups excluding carboxylic acids is 1. The molecule has 8 nitrogen and oxygen atoms in total. The first-order valence-electron chi connectivity index (χ1n) is 12.2. The van der Waals surface area contributed by atoms with Crippen LogP contribution in [0.2, 0.25) is 0 Å². The van der Waals surface area contributed by atoms with Gasteiger partial charge < -0.3 is 19.9 Å². The van der Waals surface area contributed by atoms with Crippen molar-refractivity contribution in [2.45, 2.75) is 103 Å². The Morgan fingerprint density at radius 2 is 1.38 bits per heavy atom. The molecule has 32 heavy (non-hydrogen) atoms. The lowest BCUT2D eigenvalue weighted by atomic mass is 10.0. The zero-order chi connectivity index (χ0) is 24.3. The fraction of sp³-hybridized carbons (Fsp3) is 0.957. The van der Waals surface area contributed by atoms with E-state index in [0.717, 1.165) is 12.8 Å². The molecule has 2 atom stereocenters. The highest BCUT2D eigenvalue weighted by molar-refractivity contribution is 7.32. The van der Waals surface area contributed by atoms with E-state index in [2.05, 4.69) is 16.8 Å². The molecule has 3 N–H and O–H groups in total. The molecule has 0 aliphatic carbocycles. The van der Waals surface area contributed by atoms with Gasteiger partial charge >= 0.3 is 8.25 Å². The quantitative estimate of drug-likeness (QED) is 0.149. The van der Waals surface area contributed by atoms with Crippen LogP contribution in [0.5, 0.6) is 0 Å². The number of rotatable bonds is 22. The number of aliphatic hydroxyl groups is 1. The number of aliphatic hydroxyl groups excluding tert-OH is 1. The van der Waals surface area contributed by atoms with Crippen molar-refractivity contribution in [3.63, 3.8) is 0 Å². The molecule has 0 spiro atoms. The summed E-state index contributed by atoms with van der Waals surface area (Å²) in [6.07, 6.45) is 17.6. The van der Waals surface area contributed by atoms with Crippen LogP contribution in [-0.2, 0) is 23.4 Å². The molecule has 0 radical (unpaired) electrons. The van der Waals surface area contributed by atoms with E-state index in [1.165, 1.54) is 84.8 Å². The Hall–Kier alpha value is -0.630. The number of nitrogens with one attached hydrogen (secondary N) is 1. The largest absolute Gasteiger partial charge is 0.694 e. The van der Waals surface area contributed by atoms with Gasteiger partial charge in [0.2, 0.25) is 5.91 Å². The highest BCUT2D eigenvalue weighted by Gasteiger charge is 2.17. The van der Waals surface area contributed by atoms with Crippen molar-refractivity contribution in [1.29, 1.82) is 0 Å². The van der Waals surface area contributed by atoms with Crippen LogP contribution in [0.1, 0.15) is 96.8 Å². The third kappa shape index (κ3) is 29.4. The number of unbranched alkanes of at least 4 members (excludes halogenated alkanes) is 12. The summed E-state index contributed by atoms with van der Waals surface area (Å²) in [6.45, 7) is 3.10. The van der Waals surface area contributed by atoms with Gasteiger partial charge in [-0.05, 0) is 6.42 Å². The molecule has 0 aromatic heterocycles. The van der Waals surface area contributed by atoms with E-state index in [0.29, 0.717) is 19.6 Å². The van der Waals surface area contributed by atoms with Crippen molar-refractivity contribution >= 4 is 14.2 Å². The highest BCUT2D eigenvalue weighted by atomic mass is 31.1. The standard InChI is InChI=1S/C18H37NO2.C5H11O5P/c1-2-3-4-5-6-7-8-9-10-11-12-13-14-15-18(21)19-16-17-20;1-8-3-5(9-2)4-10-11(6)7/h20H,2-17H2,1H3,(H,19,21);5H,3-4H2,1-2H3/p+1. The van der Waals surface area contributed by atoms with Crippen LogP contribution in [0.4, 0.5) is 0 Å². The minimum Gasteiger partial charge on any atom is -0.395 e. The van der Waals surface area contributed by atoms with Crippen LogP contribution in [0, 0.1) is 0 Å². The molecule has 0 saturated heterocycles. The van der Waals surface area contributed by atoms with Crippen molar-refractivity contribution in [3.05, 3.63) is 0 Å². The van der Waals surface area contributed by atoms with Crippen LogP contribution in [0.25, 0.3) is 0 Å². The molecule has 0 rings (SSSR count).